The fourth-order valence-electron chi connectivity index (χ4n) is 2.08. The highest BCUT2D eigenvalue weighted by Crippen LogP contribution is 2.05. The average molecular weight is 300 g/mol. The first-order chi connectivity index (χ1) is 10.6. The summed E-state index contributed by atoms with van der Waals surface area (Å²) in [4.78, 5) is 18.7. The van der Waals surface area contributed by atoms with Crippen molar-refractivity contribution in [2.75, 3.05) is 12.0 Å². The Bertz CT molecular complexity index is 705. The molecule has 6 nitrogen and oxygen atoms in total. The van der Waals surface area contributed by atoms with Gasteiger partial charge in [-0.1, -0.05) is 31.2 Å². The number of aliphatic hydroxyl groups is 1. The molecule has 0 saturated carbocycles. The number of aryl methyl sites for hydroxylation is 2. The number of hydrogen-bond donors (Lipinski definition) is 3. The highest BCUT2D eigenvalue weighted by Gasteiger charge is 2.06. The summed E-state index contributed by atoms with van der Waals surface area (Å²) >= 11 is 0. The second kappa shape index (κ2) is 7.51. The van der Waals surface area contributed by atoms with E-state index in [-0.39, 0.29) is 18.1 Å². The topological polar surface area (TPSA) is 90.4 Å². The van der Waals surface area contributed by atoms with E-state index in [4.69, 9.17) is 5.11 Å². The summed E-state index contributed by atoms with van der Waals surface area (Å²) in [5, 5.41) is 13.0. The molecule has 1 aromatic heterocycles. The van der Waals surface area contributed by atoms with Crippen molar-refractivity contribution in [3.05, 3.63) is 57.0 Å². The first kappa shape index (κ1) is 15.9. The van der Waals surface area contributed by atoms with Gasteiger partial charge in [-0.15, -0.1) is 0 Å². The van der Waals surface area contributed by atoms with Gasteiger partial charge in [-0.05, 0) is 24.5 Å². The van der Waals surface area contributed by atoms with E-state index in [1.54, 1.807) is 13.1 Å². The molecule has 0 atom stereocenters. The van der Waals surface area contributed by atoms with Gasteiger partial charge in [0.2, 0.25) is 5.95 Å². The number of aromatic amines is 1. The number of H-pyrrole nitrogens is 1. The number of nitrogens with one attached hydrogen (secondary N) is 2. The molecule has 1 heterocycles. The molecule has 2 rings (SSSR count). The predicted molar refractivity (Wildman–Crippen MR) is 87.4 cm³/mol. The van der Waals surface area contributed by atoms with Crippen LogP contribution in [0, 0.1) is 6.92 Å². The molecule has 0 aliphatic heterocycles. The van der Waals surface area contributed by atoms with Gasteiger partial charge in [0.05, 0.1) is 11.9 Å². The number of benzene rings is 1. The van der Waals surface area contributed by atoms with Crippen LogP contribution >= 0.6 is 0 Å². The van der Waals surface area contributed by atoms with E-state index < -0.39 is 0 Å². The lowest BCUT2D eigenvalue weighted by molar-refractivity contribution is 0.298. The molecule has 116 valence electrons. The summed E-state index contributed by atoms with van der Waals surface area (Å²) in [6, 6.07) is 8.07. The van der Waals surface area contributed by atoms with Gasteiger partial charge in [-0.25, -0.2) is 10.4 Å². The number of hydrazone groups is 1. The molecular formula is C16H20N4O2. The Balaban J connectivity index is 2.07. The summed E-state index contributed by atoms with van der Waals surface area (Å²) in [7, 11) is 0. The molecule has 0 aliphatic carbocycles. The first-order valence-corrected chi connectivity index (χ1v) is 7.22. The molecule has 0 aliphatic rings. The third-order valence-electron chi connectivity index (χ3n) is 3.36. The molecule has 6 heteroatoms. The summed E-state index contributed by atoms with van der Waals surface area (Å²) in [6.07, 6.45) is 2.96. The van der Waals surface area contributed by atoms with Gasteiger partial charge in [0.1, 0.15) is 0 Å². The third kappa shape index (κ3) is 4.02. The van der Waals surface area contributed by atoms with Crippen LogP contribution in [0.1, 0.15) is 29.3 Å². The van der Waals surface area contributed by atoms with Gasteiger partial charge >= 0.3 is 0 Å². The Labute approximate surface area is 128 Å². The van der Waals surface area contributed by atoms with Crippen molar-refractivity contribution in [2.24, 2.45) is 5.10 Å². The second-order valence-corrected chi connectivity index (χ2v) is 4.92. The molecule has 0 radical (unpaired) electrons. The largest absolute Gasteiger partial charge is 0.396 e. The van der Waals surface area contributed by atoms with Crippen molar-refractivity contribution >= 4 is 12.2 Å². The van der Waals surface area contributed by atoms with Gasteiger partial charge in [0, 0.05) is 18.6 Å². The molecule has 0 saturated heterocycles. The lowest BCUT2D eigenvalue weighted by atomic mass is 10.1. The van der Waals surface area contributed by atoms with Gasteiger partial charge in [-0.3, -0.25) is 9.78 Å². The SMILES string of the molecule is CCc1ccc(/C=N\Nc2nc(C)c(CCO)c(=O)[nH]2)cc1. The van der Waals surface area contributed by atoms with E-state index in [0.29, 0.717) is 17.7 Å². The van der Waals surface area contributed by atoms with E-state index in [1.165, 1.54) is 5.56 Å². The summed E-state index contributed by atoms with van der Waals surface area (Å²) < 4.78 is 0. The Morgan fingerprint density at radius 1 is 1.36 bits per heavy atom. The van der Waals surface area contributed by atoms with E-state index in [2.05, 4.69) is 39.6 Å². The zero-order chi connectivity index (χ0) is 15.9. The maximum Gasteiger partial charge on any atom is 0.255 e. The van der Waals surface area contributed by atoms with Crippen LogP contribution in [0.2, 0.25) is 0 Å². The predicted octanol–water partition coefficient (Wildman–Crippen LogP) is 1.62. The fraction of sp³-hybridized carbons (Fsp3) is 0.312. The van der Waals surface area contributed by atoms with Crippen molar-refractivity contribution in [2.45, 2.75) is 26.7 Å². The quantitative estimate of drug-likeness (QED) is 0.558. The van der Waals surface area contributed by atoms with Crippen molar-refractivity contribution in [3.63, 3.8) is 0 Å². The van der Waals surface area contributed by atoms with E-state index in [9.17, 15) is 4.79 Å². The number of aromatic nitrogens is 2. The number of nitrogens with zero attached hydrogens (tertiary/aromatic N) is 2. The van der Waals surface area contributed by atoms with Crippen LogP contribution in [-0.4, -0.2) is 27.9 Å². The average Bonchev–Trinajstić information content (AvgIpc) is 2.51. The summed E-state index contributed by atoms with van der Waals surface area (Å²) in [6.45, 7) is 3.76. The van der Waals surface area contributed by atoms with Crippen LogP contribution in [-0.2, 0) is 12.8 Å². The molecule has 0 fully saturated rings. The van der Waals surface area contributed by atoms with Crippen LogP contribution in [0.5, 0.6) is 0 Å². The van der Waals surface area contributed by atoms with E-state index >= 15 is 0 Å². The van der Waals surface area contributed by atoms with E-state index in [1.807, 2.05) is 12.1 Å². The second-order valence-electron chi connectivity index (χ2n) is 4.92. The molecule has 22 heavy (non-hydrogen) atoms. The molecule has 0 spiro atoms. The number of rotatable bonds is 6. The Morgan fingerprint density at radius 3 is 2.68 bits per heavy atom. The lowest BCUT2D eigenvalue weighted by Crippen LogP contribution is -2.19. The normalized spacial score (nSPS) is 11.0. The Hall–Kier alpha value is -2.47. The summed E-state index contributed by atoms with van der Waals surface area (Å²) in [5.41, 5.74) is 5.76. The van der Waals surface area contributed by atoms with Gasteiger partial charge in [0.25, 0.3) is 5.56 Å². The first-order valence-electron chi connectivity index (χ1n) is 7.22. The maximum absolute atomic E-state index is 11.9. The Morgan fingerprint density at radius 2 is 2.09 bits per heavy atom. The molecular weight excluding hydrogens is 280 g/mol. The van der Waals surface area contributed by atoms with Crippen LogP contribution in [0.25, 0.3) is 0 Å². The zero-order valence-electron chi connectivity index (χ0n) is 12.8. The lowest BCUT2D eigenvalue weighted by Gasteiger charge is -2.05. The highest BCUT2D eigenvalue weighted by atomic mass is 16.3. The minimum absolute atomic E-state index is 0.0791. The minimum atomic E-state index is -0.258. The van der Waals surface area contributed by atoms with E-state index in [0.717, 1.165) is 12.0 Å². The third-order valence-corrected chi connectivity index (χ3v) is 3.36. The number of hydrogen-bond acceptors (Lipinski definition) is 5. The van der Waals surface area contributed by atoms with Gasteiger partial charge in [0.15, 0.2) is 0 Å². The highest BCUT2D eigenvalue weighted by molar-refractivity contribution is 5.80. The molecule has 2 aromatic rings. The van der Waals surface area contributed by atoms with Crippen LogP contribution in [0.3, 0.4) is 0 Å². The van der Waals surface area contributed by atoms with Crippen molar-refractivity contribution in [1.29, 1.82) is 0 Å². The van der Waals surface area contributed by atoms with Crippen molar-refractivity contribution < 1.29 is 5.11 Å². The molecule has 3 N–H and O–H groups in total. The van der Waals surface area contributed by atoms with Crippen LogP contribution in [0.4, 0.5) is 5.95 Å². The zero-order valence-corrected chi connectivity index (χ0v) is 12.8. The van der Waals surface area contributed by atoms with Crippen molar-refractivity contribution in [3.8, 4) is 0 Å². The number of anilines is 1. The standard InChI is InChI=1S/C16H20N4O2/c1-3-12-4-6-13(7-5-12)10-17-20-16-18-11(2)14(8-9-21)15(22)19-16/h4-7,10,21H,3,8-9H2,1-2H3,(H2,18,19,20,22)/b17-10-. The molecule has 0 unspecified atom stereocenters. The molecule has 0 amide bonds. The maximum atomic E-state index is 11.9. The fourth-order valence-corrected chi connectivity index (χ4v) is 2.08. The van der Waals surface area contributed by atoms with Gasteiger partial charge in [-0.2, -0.15) is 5.10 Å². The monoisotopic (exact) mass is 300 g/mol. The Kier molecular flexibility index (Phi) is 5.43. The van der Waals surface area contributed by atoms with Crippen molar-refractivity contribution in [1.82, 2.24) is 9.97 Å². The van der Waals surface area contributed by atoms with Gasteiger partial charge < -0.3 is 5.11 Å². The molecule has 0 bridgehead atoms. The van der Waals surface area contributed by atoms with Crippen LogP contribution in [0.15, 0.2) is 34.2 Å². The summed E-state index contributed by atoms with van der Waals surface area (Å²) in [5.74, 6) is 0.283. The number of aliphatic hydroxyl groups excluding tert-OH is 1. The smallest absolute Gasteiger partial charge is 0.255 e. The molecule has 1 aromatic carbocycles. The minimum Gasteiger partial charge on any atom is -0.396 e. The van der Waals surface area contributed by atoms with Crippen LogP contribution < -0.4 is 11.0 Å².